The second-order valence-electron chi connectivity index (χ2n) is 6.37. The first-order chi connectivity index (χ1) is 12.2. The van der Waals surface area contributed by atoms with Gasteiger partial charge in [0.25, 0.3) is 0 Å². The highest BCUT2D eigenvalue weighted by Gasteiger charge is 2.28. The van der Waals surface area contributed by atoms with Crippen LogP contribution in [0.2, 0.25) is 0 Å². The number of nitrogens with zero attached hydrogens (tertiary/aromatic N) is 3. The Morgan fingerprint density at radius 1 is 1.48 bits per heavy atom. The molecule has 0 aliphatic carbocycles. The molecule has 1 aliphatic heterocycles. The molecule has 0 unspecified atom stereocenters. The number of hydrogen-bond donors (Lipinski definition) is 1. The Kier molecular flexibility index (Phi) is 5.79. The van der Waals surface area contributed by atoms with Crippen LogP contribution in [0.5, 0.6) is 0 Å². The maximum absolute atomic E-state index is 14.0. The lowest BCUT2D eigenvalue weighted by Gasteiger charge is -2.31. The zero-order valence-electron chi connectivity index (χ0n) is 14.4. The molecule has 0 amide bonds. The van der Waals surface area contributed by atoms with Crippen LogP contribution in [-0.2, 0) is 17.8 Å². The molecule has 1 aromatic heterocycles. The summed E-state index contributed by atoms with van der Waals surface area (Å²) in [5.41, 5.74) is 2.03. The summed E-state index contributed by atoms with van der Waals surface area (Å²) >= 11 is 0. The summed E-state index contributed by atoms with van der Waals surface area (Å²) < 4.78 is 21.9. The van der Waals surface area contributed by atoms with Gasteiger partial charge in [0, 0.05) is 49.5 Å². The summed E-state index contributed by atoms with van der Waals surface area (Å²) in [6.45, 7) is 4.86. The molecule has 6 heteroatoms. The molecule has 2 heterocycles. The molecule has 1 aromatic carbocycles. The van der Waals surface area contributed by atoms with Crippen molar-refractivity contribution in [2.24, 2.45) is 5.92 Å². The van der Waals surface area contributed by atoms with E-state index in [9.17, 15) is 4.39 Å². The summed E-state index contributed by atoms with van der Waals surface area (Å²) in [7, 11) is 0. The van der Waals surface area contributed by atoms with Crippen molar-refractivity contribution in [3.8, 4) is 6.07 Å². The van der Waals surface area contributed by atoms with Gasteiger partial charge in [-0.05, 0) is 31.9 Å². The molecule has 1 saturated heterocycles. The summed E-state index contributed by atoms with van der Waals surface area (Å²) in [4.78, 5) is 0. The van der Waals surface area contributed by atoms with Gasteiger partial charge in [-0.3, -0.25) is 4.68 Å². The fourth-order valence-corrected chi connectivity index (χ4v) is 3.27. The van der Waals surface area contributed by atoms with E-state index in [1.165, 1.54) is 6.07 Å². The van der Waals surface area contributed by atoms with Crippen molar-refractivity contribution in [2.45, 2.75) is 39.0 Å². The van der Waals surface area contributed by atoms with E-state index < -0.39 is 0 Å². The van der Waals surface area contributed by atoms with Crippen LogP contribution in [0, 0.1) is 23.1 Å². The van der Waals surface area contributed by atoms with Gasteiger partial charge in [0.1, 0.15) is 5.82 Å². The van der Waals surface area contributed by atoms with Gasteiger partial charge in [-0.15, -0.1) is 0 Å². The highest BCUT2D eigenvalue weighted by atomic mass is 19.1. The molecule has 1 N–H and O–H groups in total. The Bertz CT molecular complexity index is 752. The largest absolute Gasteiger partial charge is 0.373 e. The number of aryl methyl sites for hydroxylation is 1. The minimum Gasteiger partial charge on any atom is -0.373 e. The molecule has 2 atom stereocenters. The van der Waals surface area contributed by atoms with Crippen LogP contribution in [0.1, 0.15) is 42.6 Å². The zero-order chi connectivity index (χ0) is 17.6. The SMILES string of the molecule is CCn1cc([C@@H]2OCCC[C@H]2CNCc2ccc(C#N)cc2F)cn1. The van der Waals surface area contributed by atoms with Crippen molar-refractivity contribution >= 4 is 0 Å². The van der Waals surface area contributed by atoms with Crippen molar-refractivity contribution in [1.29, 1.82) is 5.26 Å². The molecule has 0 radical (unpaired) electrons. The molecule has 0 saturated carbocycles. The summed E-state index contributed by atoms with van der Waals surface area (Å²) in [6, 6.07) is 6.54. The lowest BCUT2D eigenvalue weighted by atomic mass is 9.91. The second kappa shape index (κ2) is 8.24. The summed E-state index contributed by atoms with van der Waals surface area (Å²) in [5.74, 6) is -0.00286. The van der Waals surface area contributed by atoms with E-state index in [0.717, 1.165) is 38.1 Å². The lowest BCUT2D eigenvalue weighted by molar-refractivity contribution is -0.0279. The Balaban J connectivity index is 1.60. The third kappa shape index (κ3) is 4.25. The predicted octanol–water partition coefficient (Wildman–Crippen LogP) is 3.17. The van der Waals surface area contributed by atoms with Crippen LogP contribution in [0.4, 0.5) is 4.39 Å². The van der Waals surface area contributed by atoms with Gasteiger partial charge in [0.15, 0.2) is 0 Å². The van der Waals surface area contributed by atoms with Gasteiger partial charge >= 0.3 is 0 Å². The average molecular weight is 342 g/mol. The molecular formula is C19H23FN4O. The maximum atomic E-state index is 14.0. The van der Waals surface area contributed by atoms with Crippen LogP contribution < -0.4 is 5.32 Å². The van der Waals surface area contributed by atoms with Crippen LogP contribution in [0.15, 0.2) is 30.6 Å². The Morgan fingerprint density at radius 2 is 2.36 bits per heavy atom. The van der Waals surface area contributed by atoms with E-state index in [2.05, 4.69) is 17.3 Å². The number of nitriles is 1. The fraction of sp³-hybridized carbons (Fsp3) is 0.474. The number of halogens is 1. The molecule has 5 nitrogen and oxygen atoms in total. The molecule has 2 aromatic rings. The first kappa shape index (κ1) is 17.6. The molecule has 0 bridgehead atoms. The van der Waals surface area contributed by atoms with Gasteiger partial charge in [-0.2, -0.15) is 10.4 Å². The number of rotatable bonds is 6. The van der Waals surface area contributed by atoms with Crippen molar-refractivity contribution in [2.75, 3.05) is 13.2 Å². The number of benzene rings is 1. The fourth-order valence-electron chi connectivity index (χ4n) is 3.27. The van der Waals surface area contributed by atoms with Gasteiger partial charge in [0.2, 0.25) is 0 Å². The molecule has 3 rings (SSSR count). The lowest BCUT2D eigenvalue weighted by Crippen LogP contribution is -2.31. The minimum atomic E-state index is -0.341. The van der Waals surface area contributed by atoms with E-state index >= 15 is 0 Å². The van der Waals surface area contributed by atoms with Crippen LogP contribution in [-0.4, -0.2) is 22.9 Å². The summed E-state index contributed by atoms with van der Waals surface area (Å²) in [6.07, 6.45) is 6.07. The van der Waals surface area contributed by atoms with Crippen molar-refractivity contribution in [1.82, 2.24) is 15.1 Å². The Morgan fingerprint density at radius 3 is 3.08 bits per heavy atom. The molecule has 0 spiro atoms. The topological polar surface area (TPSA) is 62.9 Å². The third-order valence-corrected chi connectivity index (χ3v) is 4.65. The average Bonchev–Trinajstić information content (AvgIpc) is 3.12. The van der Waals surface area contributed by atoms with Crippen LogP contribution in [0.25, 0.3) is 0 Å². The summed E-state index contributed by atoms with van der Waals surface area (Å²) in [5, 5.41) is 16.5. The van der Waals surface area contributed by atoms with Gasteiger partial charge in [-0.1, -0.05) is 6.07 Å². The first-order valence-corrected chi connectivity index (χ1v) is 8.74. The molecule has 132 valence electrons. The highest BCUT2D eigenvalue weighted by molar-refractivity contribution is 5.32. The zero-order valence-corrected chi connectivity index (χ0v) is 14.4. The van der Waals surface area contributed by atoms with Crippen molar-refractivity contribution < 1.29 is 9.13 Å². The number of ether oxygens (including phenoxy) is 1. The van der Waals surface area contributed by atoms with Gasteiger partial charge in [0.05, 0.1) is 23.9 Å². The van der Waals surface area contributed by atoms with E-state index in [1.54, 1.807) is 12.1 Å². The maximum Gasteiger partial charge on any atom is 0.129 e. The number of hydrogen-bond acceptors (Lipinski definition) is 4. The number of aromatic nitrogens is 2. The normalized spacial score (nSPS) is 20.4. The predicted molar refractivity (Wildman–Crippen MR) is 92.1 cm³/mol. The van der Waals surface area contributed by atoms with E-state index in [4.69, 9.17) is 10.00 Å². The Hall–Kier alpha value is -2.23. The van der Waals surface area contributed by atoms with Crippen molar-refractivity contribution in [3.05, 3.63) is 53.1 Å². The molecule has 1 aliphatic rings. The van der Waals surface area contributed by atoms with Gasteiger partial charge < -0.3 is 10.1 Å². The standard InChI is InChI=1S/C19H23FN4O/c1-2-24-13-17(12-23-24)19-16(4-3-7-25-19)11-22-10-15-6-5-14(9-21)8-18(15)20/h5-6,8,12-13,16,19,22H,2-4,7,10-11H2,1H3/t16-,19+/m0/s1. The second-order valence-corrected chi connectivity index (χ2v) is 6.37. The van der Waals surface area contributed by atoms with Crippen LogP contribution in [0.3, 0.4) is 0 Å². The van der Waals surface area contributed by atoms with E-state index in [1.807, 2.05) is 23.1 Å². The highest BCUT2D eigenvalue weighted by Crippen LogP contribution is 2.33. The monoisotopic (exact) mass is 342 g/mol. The van der Waals surface area contributed by atoms with E-state index in [0.29, 0.717) is 23.6 Å². The number of nitrogens with one attached hydrogen (secondary N) is 1. The quantitative estimate of drug-likeness (QED) is 0.876. The van der Waals surface area contributed by atoms with Crippen LogP contribution >= 0.6 is 0 Å². The van der Waals surface area contributed by atoms with Gasteiger partial charge in [-0.25, -0.2) is 4.39 Å². The smallest absolute Gasteiger partial charge is 0.129 e. The first-order valence-electron chi connectivity index (χ1n) is 8.74. The molecule has 1 fully saturated rings. The molecular weight excluding hydrogens is 319 g/mol. The van der Waals surface area contributed by atoms with Crippen molar-refractivity contribution in [3.63, 3.8) is 0 Å². The minimum absolute atomic E-state index is 0.0346. The Labute approximate surface area is 147 Å². The molecule has 25 heavy (non-hydrogen) atoms. The van der Waals surface area contributed by atoms with E-state index in [-0.39, 0.29) is 11.9 Å². The third-order valence-electron chi connectivity index (χ3n) is 4.65.